The van der Waals surface area contributed by atoms with E-state index in [2.05, 4.69) is 41.5 Å². The molecule has 3 unspecified atom stereocenters. The van der Waals surface area contributed by atoms with Crippen LogP contribution in [0.3, 0.4) is 0 Å². The average molecular weight is 222 g/mol. The highest BCUT2D eigenvalue weighted by Crippen LogP contribution is 2.40. The summed E-state index contributed by atoms with van der Waals surface area (Å²) in [5, 5.41) is 0. The van der Waals surface area contributed by atoms with Gasteiger partial charge in [-0.05, 0) is 56.8 Å². The zero-order valence-electron chi connectivity index (χ0n) is 12.2. The van der Waals surface area contributed by atoms with E-state index in [0.29, 0.717) is 5.41 Å². The molecule has 3 atom stereocenters. The van der Waals surface area contributed by atoms with Crippen LogP contribution in [-0.2, 0) is 0 Å². The molecule has 0 saturated carbocycles. The second kappa shape index (κ2) is 5.38. The predicted molar refractivity (Wildman–Crippen MR) is 73.6 cm³/mol. The van der Waals surface area contributed by atoms with Crippen LogP contribution in [0.4, 0.5) is 0 Å². The second-order valence-corrected chi connectivity index (χ2v) is 6.58. The number of hydrogen-bond donors (Lipinski definition) is 0. The number of rotatable bonds is 1. The van der Waals surface area contributed by atoms with Crippen molar-refractivity contribution in [3.8, 4) is 0 Å². The maximum atomic E-state index is 2.49. The largest absolute Gasteiger partial charge is 0.0739 e. The Balaban J connectivity index is 2.92. The molecule has 0 heteroatoms. The average Bonchev–Trinajstić information content (AvgIpc) is 2.27. The van der Waals surface area contributed by atoms with Crippen LogP contribution in [0, 0.1) is 17.3 Å². The van der Waals surface area contributed by atoms with Crippen molar-refractivity contribution in [2.24, 2.45) is 17.3 Å². The zero-order chi connectivity index (χ0) is 12.3. The Labute approximate surface area is 103 Å². The first kappa shape index (κ1) is 13.8. The molecule has 0 aromatic heterocycles. The molecule has 0 spiro atoms. The molecular formula is C16H30. The van der Waals surface area contributed by atoms with E-state index in [1.807, 2.05) is 0 Å². The van der Waals surface area contributed by atoms with Crippen molar-refractivity contribution in [3.63, 3.8) is 0 Å². The van der Waals surface area contributed by atoms with Crippen LogP contribution >= 0.6 is 0 Å². The van der Waals surface area contributed by atoms with E-state index in [0.717, 1.165) is 11.8 Å². The van der Waals surface area contributed by atoms with Gasteiger partial charge in [0.2, 0.25) is 0 Å². The molecule has 94 valence electrons. The minimum absolute atomic E-state index is 0.569. The summed E-state index contributed by atoms with van der Waals surface area (Å²) in [6.07, 6.45) is 6.84. The Morgan fingerprint density at radius 3 is 2.44 bits per heavy atom. The van der Waals surface area contributed by atoms with E-state index in [9.17, 15) is 0 Å². The Morgan fingerprint density at radius 1 is 1.25 bits per heavy atom. The first-order chi connectivity index (χ1) is 7.38. The SMILES string of the molecule is CCC1(C)CCC(C)CC(C)=C(C)C(C)C1. The van der Waals surface area contributed by atoms with Gasteiger partial charge in [0.1, 0.15) is 0 Å². The van der Waals surface area contributed by atoms with Crippen molar-refractivity contribution in [1.82, 2.24) is 0 Å². The Bertz CT molecular complexity index is 261. The summed E-state index contributed by atoms with van der Waals surface area (Å²) < 4.78 is 0. The summed E-state index contributed by atoms with van der Waals surface area (Å²) >= 11 is 0. The van der Waals surface area contributed by atoms with Crippen molar-refractivity contribution in [3.05, 3.63) is 11.1 Å². The molecule has 0 aromatic rings. The van der Waals surface area contributed by atoms with Gasteiger partial charge in [-0.1, -0.05) is 45.3 Å². The lowest BCUT2D eigenvalue weighted by molar-refractivity contribution is 0.217. The Hall–Kier alpha value is -0.260. The van der Waals surface area contributed by atoms with Crippen molar-refractivity contribution in [2.45, 2.75) is 73.6 Å². The lowest BCUT2D eigenvalue weighted by atomic mass is 9.74. The van der Waals surface area contributed by atoms with Gasteiger partial charge >= 0.3 is 0 Å². The molecule has 1 rings (SSSR count). The second-order valence-electron chi connectivity index (χ2n) is 6.58. The minimum Gasteiger partial charge on any atom is -0.0739 e. The molecule has 0 nitrogen and oxygen atoms in total. The van der Waals surface area contributed by atoms with E-state index in [-0.39, 0.29) is 0 Å². The molecule has 1 aliphatic rings. The van der Waals surface area contributed by atoms with Gasteiger partial charge in [0.05, 0.1) is 0 Å². The molecule has 0 fully saturated rings. The molecule has 16 heavy (non-hydrogen) atoms. The van der Waals surface area contributed by atoms with Crippen LogP contribution in [0.5, 0.6) is 0 Å². The van der Waals surface area contributed by atoms with Gasteiger partial charge in [-0.15, -0.1) is 0 Å². The fraction of sp³-hybridized carbons (Fsp3) is 0.875. The molecule has 0 aromatic carbocycles. The Morgan fingerprint density at radius 2 is 1.88 bits per heavy atom. The fourth-order valence-electron chi connectivity index (χ4n) is 3.12. The Kier molecular flexibility index (Phi) is 4.64. The third-order valence-electron chi connectivity index (χ3n) is 4.96. The van der Waals surface area contributed by atoms with Gasteiger partial charge < -0.3 is 0 Å². The molecule has 0 amide bonds. The van der Waals surface area contributed by atoms with Crippen molar-refractivity contribution >= 4 is 0 Å². The van der Waals surface area contributed by atoms with Gasteiger partial charge in [0, 0.05) is 0 Å². The van der Waals surface area contributed by atoms with Crippen molar-refractivity contribution in [2.75, 3.05) is 0 Å². The van der Waals surface area contributed by atoms with Gasteiger partial charge in [-0.2, -0.15) is 0 Å². The molecule has 0 heterocycles. The molecule has 1 aliphatic carbocycles. The van der Waals surface area contributed by atoms with Crippen LogP contribution in [0.1, 0.15) is 73.6 Å². The predicted octanol–water partition coefficient (Wildman–Crippen LogP) is 5.59. The molecule has 0 radical (unpaired) electrons. The maximum Gasteiger partial charge on any atom is -0.0227 e. The summed E-state index contributed by atoms with van der Waals surface area (Å²) in [4.78, 5) is 0. The molecule has 0 aliphatic heterocycles. The maximum absolute atomic E-state index is 2.49. The van der Waals surface area contributed by atoms with Crippen molar-refractivity contribution < 1.29 is 0 Å². The number of allylic oxidation sites excluding steroid dienone is 2. The minimum atomic E-state index is 0.569. The molecule has 0 saturated heterocycles. The lowest BCUT2D eigenvalue weighted by Gasteiger charge is -2.31. The summed E-state index contributed by atoms with van der Waals surface area (Å²) in [5.74, 6) is 1.64. The third kappa shape index (κ3) is 3.37. The monoisotopic (exact) mass is 222 g/mol. The quantitative estimate of drug-likeness (QED) is 0.508. The highest BCUT2D eigenvalue weighted by atomic mass is 14.3. The lowest BCUT2D eigenvalue weighted by Crippen LogP contribution is -2.19. The van der Waals surface area contributed by atoms with Crippen LogP contribution in [0.2, 0.25) is 0 Å². The number of hydrogen-bond acceptors (Lipinski definition) is 0. The van der Waals surface area contributed by atoms with Gasteiger partial charge in [0.15, 0.2) is 0 Å². The van der Waals surface area contributed by atoms with Gasteiger partial charge in [-0.25, -0.2) is 0 Å². The normalized spacial score (nSPS) is 37.9. The summed E-state index contributed by atoms with van der Waals surface area (Å²) in [6.45, 7) is 14.4. The van der Waals surface area contributed by atoms with Gasteiger partial charge in [0.25, 0.3) is 0 Å². The summed E-state index contributed by atoms with van der Waals surface area (Å²) in [5.41, 5.74) is 3.88. The van der Waals surface area contributed by atoms with E-state index in [1.165, 1.54) is 32.1 Å². The highest BCUT2D eigenvalue weighted by molar-refractivity contribution is 5.14. The zero-order valence-corrected chi connectivity index (χ0v) is 12.2. The molecule has 0 bridgehead atoms. The van der Waals surface area contributed by atoms with Crippen LogP contribution in [-0.4, -0.2) is 0 Å². The van der Waals surface area contributed by atoms with Crippen LogP contribution < -0.4 is 0 Å². The summed E-state index contributed by atoms with van der Waals surface area (Å²) in [7, 11) is 0. The smallest absolute Gasteiger partial charge is 0.0227 e. The van der Waals surface area contributed by atoms with Crippen LogP contribution in [0.25, 0.3) is 0 Å². The summed E-state index contributed by atoms with van der Waals surface area (Å²) in [6, 6.07) is 0. The van der Waals surface area contributed by atoms with E-state index < -0.39 is 0 Å². The standard InChI is InChI=1S/C16H30/c1-7-16(6)9-8-12(2)10-13(3)15(5)14(4)11-16/h12,14H,7-11H2,1-6H3. The van der Waals surface area contributed by atoms with Crippen molar-refractivity contribution in [1.29, 1.82) is 0 Å². The van der Waals surface area contributed by atoms with E-state index in [1.54, 1.807) is 11.1 Å². The van der Waals surface area contributed by atoms with Crippen LogP contribution in [0.15, 0.2) is 11.1 Å². The fourth-order valence-corrected chi connectivity index (χ4v) is 3.12. The highest BCUT2D eigenvalue weighted by Gasteiger charge is 2.27. The first-order valence-electron chi connectivity index (χ1n) is 7.04. The first-order valence-corrected chi connectivity index (χ1v) is 7.04. The topological polar surface area (TPSA) is 0 Å². The molecule has 0 N–H and O–H groups in total. The third-order valence-corrected chi connectivity index (χ3v) is 4.96. The van der Waals surface area contributed by atoms with Gasteiger partial charge in [-0.3, -0.25) is 0 Å². The molecular weight excluding hydrogens is 192 g/mol. The van der Waals surface area contributed by atoms with E-state index >= 15 is 0 Å². The van der Waals surface area contributed by atoms with E-state index in [4.69, 9.17) is 0 Å².